The Bertz CT molecular complexity index is 365. The Morgan fingerprint density at radius 1 is 1.53 bits per heavy atom. The van der Waals surface area contributed by atoms with Crippen molar-refractivity contribution in [1.29, 1.82) is 0 Å². The van der Waals surface area contributed by atoms with Crippen molar-refractivity contribution in [2.24, 2.45) is 0 Å². The van der Waals surface area contributed by atoms with E-state index in [0.29, 0.717) is 0 Å². The molecular weight excluding hydrogens is 186 g/mol. The molecule has 0 aliphatic carbocycles. The predicted octanol–water partition coefficient (Wildman–Crippen LogP) is 2.29. The van der Waals surface area contributed by atoms with Gasteiger partial charge in [-0.1, -0.05) is 24.5 Å². The fraction of sp³-hybridized carbons (Fsp3) is 0.385. The van der Waals surface area contributed by atoms with Crippen LogP contribution in [0.2, 0.25) is 0 Å². The lowest BCUT2D eigenvalue weighted by atomic mass is 10.0. The van der Waals surface area contributed by atoms with E-state index in [0.717, 1.165) is 17.9 Å². The Balaban J connectivity index is 3.09. The molecule has 1 unspecified atom stereocenters. The number of nitrogens with one attached hydrogen (secondary N) is 1. The Hall–Kier alpha value is -1.46. The molecule has 0 saturated heterocycles. The minimum atomic E-state index is -0.0788. The van der Waals surface area contributed by atoms with Crippen LogP contribution in [0.5, 0.6) is 5.75 Å². The van der Waals surface area contributed by atoms with Gasteiger partial charge in [0.2, 0.25) is 0 Å². The summed E-state index contributed by atoms with van der Waals surface area (Å²) in [4.78, 5) is 0. The van der Waals surface area contributed by atoms with Crippen molar-refractivity contribution >= 4 is 0 Å². The van der Waals surface area contributed by atoms with E-state index in [1.54, 1.807) is 7.11 Å². The minimum absolute atomic E-state index is 0.0788. The van der Waals surface area contributed by atoms with Crippen LogP contribution in [0.1, 0.15) is 24.1 Å². The highest BCUT2D eigenvalue weighted by Crippen LogP contribution is 2.25. The summed E-state index contributed by atoms with van der Waals surface area (Å²) in [6.45, 7) is 4.92. The van der Waals surface area contributed by atoms with Crippen molar-refractivity contribution in [2.75, 3.05) is 13.7 Å². The molecule has 1 rings (SSSR count). The lowest BCUT2D eigenvalue weighted by Crippen LogP contribution is -2.19. The van der Waals surface area contributed by atoms with Gasteiger partial charge in [-0.3, -0.25) is 0 Å². The number of hydrogen-bond acceptors (Lipinski definition) is 2. The molecule has 2 nitrogen and oxygen atoms in total. The van der Waals surface area contributed by atoms with Crippen LogP contribution in [0.4, 0.5) is 0 Å². The second-order valence-corrected chi connectivity index (χ2v) is 3.40. The molecule has 1 aromatic rings. The number of ether oxygens (including phenoxy) is 1. The first-order chi connectivity index (χ1) is 7.22. The van der Waals surface area contributed by atoms with Crippen LogP contribution in [0.25, 0.3) is 0 Å². The van der Waals surface area contributed by atoms with Gasteiger partial charge in [-0.15, -0.1) is 6.42 Å². The van der Waals surface area contributed by atoms with E-state index in [-0.39, 0.29) is 6.04 Å². The van der Waals surface area contributed by atoms with Crippen LogP contribution in [0.3, 0.4) is 0 Å². The van der Waals surface area contributed by atoms with Gasteiger partial charge in [0.1, 0.15) is 5.75 Å². The molecule has 0 radical (unpaired) electrons. The van der Waals surface area contributed by atoms with E-state index in [2.05, 4.69) is 17.3 Å². The van der Waals surface area contributed by atoms with E-state index < -0.39 is 0 Å². The topological polar surface area (TPSA) is 21.3 Å². The average Bonchev–Trinajstić information content (AvgIpc) is 2.26. The van der Waals surface area contributed by atoms with Crippen molar-refractivity contribution in [3.8, 4) is 18.1 Å². The molecule has 0 saturated carbocycles. The zero-order chi connectivity index (χ0) is 11.3. The van der Waals surface area contributed by atoms with Crippen molar-refractivity contribution < 1.29 is 4.74 Å². The van der Waals surface area contributed by atoms with Gasteiger partial charge in [0.05, 0.1) is 13.2 Å². The average molecular weight is 203 g/mol. The van der Waals surface area contributed by atoms with Gasteiger partial charge in [0.15, 0.2) is 0 Å². The maximum Gasteiger partial charge on any atom is 0.124 e. The Morgan fingerprint density at radius 2 is 2.27 bits per heavy atom. The molecule has 0 aliphatic heterocycles. The number of benzene rings is 1. The third kappa shape index (κ3) is 2.74. The summed E-state index contributed by atoms with van der Waals surface area (Å²) in [5.41, 5.74) is 2.21. The van der Waals surface area contributed by atoms with Gasteiger partial charge < -0.3 is 10.1 Å². The Kier molecular flexibility index (Phi) is 4.20. The Labute approximate surface area is 91.6 Å². The van der Waals surface area contributed by atoms with E-state index in [4.69, 9.17) is 11.2 Å². The molecule has 1 atom stereocenters. The molecule has 1 N–H and O–H groups in total. The van der Waals surface area contributed by atoms with E-state index in [1.165, 1.54) is 5.56 Å². The van der Waals surface area contributed by atoms with Crippen molar-refractivity contribution in [2.45, 2.75) is 19.9 Å². The molecule has 0 heterocycles. The van der Waals surface area contributed by atoms with E-state index in [9.17, 15) is 0 Å². The number of terminal acetylenes is 1. The maximum absolute atomic E-state index is 5.50. The second kappa shape index (κ2) is 5.43. The number of hydrogen-bond donors (Lipinski definition) is 1. The van der Waals surface area contributed by atoms with E-state index >= 15 is 0 Å². The van der Waals surface area contributed by atoms with Crippen LogP contribution in [0, 0.1) is 19.3 Å². The highest BCUT2D eigenvalue weighted by atomic mass is 16.5. The normalized spacial score (nSPS) is 11.9. The zero-order valence-electron chi connectivity index (χ0n) is 9.50. The highest BCUT2D eigenvalue weighted by molar-refractivity contribution is 5.42. The van der Waals surface area contributed by atoms with Gasteiger partial charge in [0.25, 0.3) is 0 Å². The molecule has 0 spiro atoms. The van der Waals surface area contributed by atoms with Crippen molar-refractivity contribution in [1.82, 2.24) is 5.32 Å². The van der Waals surface area contributed by atoms with Gasteiger partial charge in [-0.25, -0.2) is 0 Å². The molecule has 15 heavy (non-hydrogen) atoms. The van der Waals surface area contributed by atoms with Crippen LogP contribution in [-0.4, -0.2) is 13.7 Å². The lowest BCUT2D eigenvalue weighted by molar-refractivity contribution is 0.405. The monoisotopic (exact) mass is 203 g/mol. The van der Waals surface area contributed by atoms with Crippen LogP contribution < -0.4 is 10.1 Å². The third-order valence-corrected chi connectivity index (χ3v) is 2.27. The fourth-order valence-electron chi connectivity index (χ4n) is 1.54. The highest BCUT2D eigenvalue weighted by Gasteiger charge is 2.12. The second-order valence-electron chi connectivity index (χ2n) is 3.40. The first-order valence-electron chi connectivity index (χ1n) is 5.07. The SMILES string of the molecule is C#CC(NCC)c1cc(C)ccc1OC. The quantitative estimate of drug-likeness (QED) is 0.758. The molecule has 1 aromatic carbocycles. The fourth-order valence-corrected chi connectivity index (χ4v) is 1.54. The molecule has 2 heteroatoms. The minimum Gasteiger partial charge on any atom is -0.496 e. The largest absolute Gasteiger partial charge is 0.496 e. The number of aryl methyl sites for hydroxylation is 1. The summed E-state index contributed by atoms with van der Waals surface area (Å²) in [7, 11) is 1.66. The predicted molar refractivity (Wildman–Crippen MR) is 63.0 cm³/mol. The third-order valence-electron chi connectivity index (χ3n) is 2.27. The number of methoxy groups -OCH3 is 1. The lowest BCUT2D eigenvalue weighted by Gasteiger charge is -2.16. The zero-order valence-corrected chi connectivity index (χ0v) is 9.50. The Morgan fingerprint density at radius 3 is 2.80 bits per heavy atom. The van der Waals surface area contributed by atoms with Crippen LogP contribution in [-0.2, 0) is 0 Å². The molecule has 0 aromatic heterocycles. The van der Waals surface area contributed by atoms with Crippen LogP contribution in [0.15, 0.2) is 18.2 Å². The molecule has 0 fully saturated rings. The van der Waals surface area contributed by atoms with Crippen LogP contribution >= 0.6 is 0 Å². The van der Waals surface area contributed by atoms with Gasteiger partial charge in [0, 0.05) is 5.56 Å². The molecule has 0 amide bonds. The van der Waals surface area contributed by atoms with E-state index in [1.807, 2.05) is 26.0 Å². The summed E-state index contributed by atoms with van der Waals surface area (Å²) in [5.74, 6) is 3.57. The molecule has 0 bridgehead atoms. The summed E-state index contributed by atoms with van der Waals surface area (Å²) < 4.78 is 5.29. The summed E-state index contributed by atoms with van der Waals surface area (Å²) in [6, 6.07) is 5.95. The maximum atomic E-state index is 5.50. The smallest absolute Gasteiger partial charge is 0.124 e. The van der Waals surface area contributed by atoms with Gasteiger partial charge in [-0.05, 0) is 25.6 Å². The molecular formula is C13H17NO. The number of rotatable bonds is 4. The van der Waals surface area contributed by atoms with Crippen molar-refractivity contribution in [3.05, 3.63) is 29.3 Å². The summed E-state index contributed by atoms with van der Waals surface area (Å²) >= 11 is 0. The summed E-state index contributed by atoms with van der Waals surface area (Å²) in [5, 5.41) is 3.23. The van der Waals surface area contributed by atoms with Crippen molar-refractivity contribution in [3.63, 3.8) is 0 Å². The first-order valence-corrected chi connectivity index (χ1v) is 5.07. The van der Waals surface area contributed by atoms with Gasteiger partial charge >= 0.3 is 0 Å². The van der Waals surface area contributed by atoms with Gasteiger partial charge in [-0.2, -0.15) is 0 Å². The standard InChI is InChI=1S/C13H17NO/c1-5-12(14-6-2)11-9-10(3)7-8-13(11)15-4/h1,7-9,12,14H,6H2,2-4H3. The summed E-state index contributed by atoms with van der Waals surface area (Å²) in [6.07, 6.45) is 5.50. The molecule has 80 valence electrons. The molecule has 0 aliphatic rings. The first kappa shape index (κ1) is 11.6.